The van der Waals surface area contributed by atoms with E-state index in [9.17, 15) is 15.3 Å². The van der Waals surface area contributed by atoms with Crippen LogP contribution in [0.25, 0.3) is 11.2 Å². The SMILES string of the molecule is CCc1cc([C@H]2O[C@@H](n3cnc4c(N(CO)CCc5ccccc5)nc(OC)nc43)[C@H](O)[C@@H]2O)on1. The lowest BCUT2D eigenvalue weighted by Crippen LogP contribution is -2.29. The van der Waals surface area contributed by atoms with Gasteiger partial charge in [-0.3, -0.25) is 4.57 Å². The number of fused-ring (bicyclic) bond motifs is 1. The number of methoxy groups -OCH3 is 1. The minimum absolute atomic E-state index is 0.0600. The number of aliphatic hydroxyl groups is 3. The first-order chi connectivity index (χ1) is 17.5. The number of aromatic nitrogens is 5. The summed E-state index contributed by atoms with van der Waals surface area (Å²) in [5.41, 5.74) is 2.53. The molecule has 0 amide bonds. The lowest BCUT2D eigenvalue weighted by molar-refractivity contribution is -0.0434. The van der Waals surface area contributed by atoms with Crippen molar-refractivity contribution in [2.75, 3.05) is 25.3 Å². The first-order valence-corrected chi connectivity index (χ1v) is 11.7. The van der Waals surface area contributed by atoms with Crippen molar-refractivity contribution in [3.63, 3.8) is 0 Å². The number of nitrogens with zero attached hydrogens (tertiary/aromatic N) is 6. The molecule has 5 rings (SSSR count). The molecule has 4 atom stereocenters. The molecule has 4 aromatic rings. The molecule has 0 aliphatic carbocycles. The van der Waals surface area contributed by atoms with E-state index in [2.05, 4.69) is 20.1 Å². The minimum atomic E-state index is -1.29. The van der Waals surface area contributed by atoms with Gasteiger partial charge in [-0.2, -0.15) is 9.97 Å². The van der Waals surface area contributed by atoms with E-state index in [-0.39, 0.29) is 12.7 Å². The molecule has 1 fully saturated rings. The van der Waals surface area contributed by atoms with E-state index in [1.54, 1.807) is 11.0 Å². The van der Waals surface area contributed by atoms with E-state index < -0.39 is 24.5 Å². The summed E-state index contributed by atoms with van der Waals surface area (Å²) < 4.78 is 18.2. The van der Waals surface area contributed by atoms with Gasteiger partial charge in [-0.15, -0.1) is 0 Å². The second-order valence-electron chi connectivity index (χ2n) is 8.50. The molecule has 1 aliphatic rings. The number of rotatable bonds is 9. The highest BCUT2D eigenvalue weighted by Crippen LogP contribution is 2.40. The zero-order valence-corrected chi connectivity index (χ0v) is 19.9. The van der Waals surface area contributed by atoms with Crippen LogP contribution in [0, 0.1) is 0 Å². The fourth-order valence-corrected chi connectivity index (χ4v) is 4.29. The van der Waals surface area contributed by atoms with Crippen LogP contribution in [0.5, 0.6) is 6.01 Å². The summed E-state index contributed by atoms with van der Waals surface area (Å²) in [7, 11) is 1.44. The van der Waals surface area contributed by atoms with Crippen molar-refractivity contribution in [1.29, 1.82) is 0 Å². The maximum absolute atomic E-state index is 10.8. The number of ether oxygens (including phenoxy) is 2. The second-order valence-corrected chi connectivity index (χ2v) is 8.50. The van der Waals surface area contributed by atoms with E-state index in [0.29, 0.717) is 47.8 Å². The maximum Gasteiger partial charge on any atom is 0.320 e. The molecule has 0 unspecified atom stereocenters. The van der Waals surface area contributed by atoms with Gasteiger partial charge >= 0.3 is 6.01 Å². The third kappa shape index (κ3) is 4.39. The van der Waals surface area contributed by atoms with E-state index in [0.717, 1.165) is 5.56 Å². The summed E-state index contributed by atoms with van der Waals surface area (Å²) in [6.07, 6.45) is -1.69. The highest BCUT2D eigenvalue weighted by molar-refractivity contribution is 5.84. The molecule has 12 nitrogen and oxygen atoms in total. The van der Waals surface area contributed by atoms with Gasteiger partial charge in [-0.25, -0.2) is 4.98 Å². The number of aliphatic hydroxyl groups excluding tert-OH is 3. The van der Waals surface area contributed by atoms with Crippen LogP contribution in [0.2, 0.25) is 0 Å². The smallest absolute Gasteiger partial charge is 0.320 e. The van der Waals surface area contributed by atoms with Crippen molar-refractivity contribution in [3.05, 3.63) is 59.7 Å². The number of imidazole rings is 1. The van der Waals surface area contributed by atoms with Crippen molar-refractivity contribution in [2.24, 2.45) is 0 Å². The van der Waals surface area contributed by atoms with E-state index in [4.69, 9.17) is 14.0 Å². The van der Waals surface area contributed by atoms with Crippen molar-refractivity contribution in [2.45, 2.75) is 44.3 Å². The fourth-order valence-electron chi connectivity index (χ4n) is 4.29. The van der Waals surface area contributed by atoms with Crippen molar-refractivity contribution in [1.82, 2.24) is 24.7 Å². The number of hydrogen-bond acceptors (Lipinski definition) is 11. The van der Waals surface area contributed by atoms with Crippen molar-refractivity contribution >= 4 is 17.0 Å². The Bertz CT molecular complexity index is 1310. The van der Waals surface area contributed by atoms with Gasteiger partial charge in [0.25, 0.3) is 0 Å². The number of benzene rings is 1. The van der Waals surface area contributed by atoms with Crippen molar-refractivity contribution < 1.29 is 29.3 Å². The predicted octanol–water partition coefficient (Wildman–Crippen LogP) is 1.38. The van der Waals surface area contributed by atoms with Gasteiger partial charge in [0, 0.05) is 12.6 Å². The molecule has 1 saturated heterocycles. The zero-order valence-electron chi connectivity index (χ0n) is 19.9. The van der Waals surface area contributed by atoms with Crippen LogP contribution in [0.4, 0.5) is 5.82 Å². The molecule has 3 aromatic heterocycles. The van der Waals surface area contributed by atoms with Gasteiger partial charge in [0.1, 0.15) is 25.0 Å². The molecule has 3 N–H and O–H groups in total. The Kier molecular flexibility index (Phi) is 6.83. The molecule has 0 radical (unpaired) electrons. The lowest BCUT2D eigenvalue weighted by atomic mass is 10.1. The topological polar surface area (TPSA) is 152 Å². The zero-order chi connectivity index (χ0) is 25.2. The van der Waals surface area contributed by atoms with Crippen LogP contribution in [0.1, 0.15) is 36.3 Å². The standard InChI is InChI=1S/C24H28N6O6/c1-3-15-11-16(36-28-15)20-18(32)19(33)23(35-20)30-12-25-17-21(26-24(34-2)27-22(17)30)29(13-31)10-9-14-7-5-4-6-8-14/h4-8,11-12,18-20,23,31-33H,3,9-10,13H2,1-2H3/t18-,19+,20+,23+/m0/s1. The summed E-state index contributed by atoms with van der Waals surface area (Å²) in [6.45, 7) is 2.10. The Morgan fingerprint density at radius 2 is 1.94 bits per heavy atom. The predicted molar refractivity (Wildman–Crippen MR) is 127 cm³/mol. The van der Waals surface area contributed by atoms with Gasteiger partial charge in [-0.05, 0) is 18.4 Å². The Morgan fingerprint density at radius 3 is 2.64 bits per heavy atom. The number of aryl methyl sites for hydroxylation is 1. The Hall–Kier alpha value is -3.58. The molecule has 190 valence electrons. The molecule has 1 aromatic carbocycles. The van der Waals surface area contributed by atoms with Crippen LogP contribution in [-0.4, -0.2) is 72.6 Å². The van der Waals surface area contributed by atoms with Crippen LogP contribution in [-0.2, 0) is 17.6 Å². The van der Waals surface area contributed by atoms with Crippen LogP contribution in [0.15, 0.2) is 47.2 Å². The van der Waals surface area contributed by atoms with Gasteiger partial charge in [0.15, 0.2) is 29.0 Å². The quantitative estimate of drug-likeness (QED) is 0.288. The highest BCUT2D eigenvalue weighted by Gasteiger charge is 2.47. The molecule has 36 heavy (non-hydrogen) atoms. The first kappa shape index (κ1) is 24.1. The Labute approximate surface area is 206 Å². The lowest BCUT2D eigenvalue weighted by Gasteiger charge is -2.22. The molecular formula is C24H28N6O6. The molecule has 4 heterocycles. The third-order valence-corrected chi connectivity index (χ3v) is 6.28. The summed E-state index contributed by atoms with van der Waals surface area (Å²) in [5.74, 6) is 0.701. The van der Waals surface area contributed by atoms with Crippen LogP contribution in [0.3, 0.4) is 0 Å². The first-order valence-electron chi connectivity index (χ1n) is 11.7. The monoisotopic (exact) mass is 496 g/mol. The largest absolute Gasteiger partial charge is 0.467 e. The number of anilines is 1. The van der Waals surface area contributed by atoms with Crippen LogP contribution < -0.4 is 9.64 Å². The molecule has 0 spiro atoms. The fraction of sp³-hybridized carbons (Fsp3) is 0.417. The minimum Gasteiger partial charge on any atom is -0.467 e. The van der Waals surface area contributed by atoms with Gasteiger partial charge < -0.3 is 34.2 Å². The van der Waals surface area contributed by atoms with E-state index in [1.165, 1.54) is 18.0 Å². The normalized spacial score (nSPS) is 21.8. The average Bonchev–Trinajstić information content (AvgIpc) is 3.63. The van der Waals surface area contributed by atoms with Crippen LogP contribution >= 0.6 is 0 Å². The average molecular weight is 497 g/mol. The molecular weight excluding hydrogens is 468 g/mol. The second kappa shape index (κ2) is 10.2. The third-order valence-electron chi connectivity index (χ3n) is 6.28. The van der Waals surface area contributed by atoms with E-state index in [1.807, 2.05) is 37.3 Å². The maximum atomic E-state index is 10.8. The molecule has 0 saturated carbocycles. The van der Waals surface area contributed by atoms with Crippen molar-refractivity contribution in [3.8, 4) is 6.01 Å². The van der Waals surface area contributed by atoms with E-state index >= 15 is 0 Å². The van der Waals surface area contributed by atoms with Gasteiger partial charge in [0.05, 0.1) is 19.1 Å². The van der Waals surface area contributed by atoms with Gasteiger partial charge in [-0.1, -0.05) is 42.4 Å². The summed E-state index contributed by atoms with van der Waals surface area (Å²) >= 11 is 0. The molecule has 0 bridgehead atoms. The number of hydrogen-bond donors (Lipinski definition) is 3. The summed E-state index contributed by atoms with van der Waals surface area (Å²) in [6, 6.07) is 11.7. The Balaban J connectivity index is 1.47. The molecule has 1 aliphatic heterocycles. The Morgan fingerprint density at radius 1 is 1.14 bits per heavy atom. The highest BCUT2D eigenvalue weighted by atomic mass is 16.6. The summed E-state index contributed by atoms with van der Waals surface area (Å²) in [4.78, 5) is 15.0. The van der Waals surface area contributed by atoms with Gasteiger partial charge in [0.2, 0.25) is 0 Å². The summed E-state index contributed by atoms with van der Waals surface area (Å²) in [5, 5.41) is 35.6. The molecule has 12 heteroatoms.